The smallest absolute Gasteiger partial charge is 0.346 e. The van der Waals surface area contributed by atoms with Gasteiger partial charge in [0.05, 0.1) is 5.41 Å². The summed E-state index contributed by atoms with van der Waals surface area (Å²) in [4.78, 5) is 22.4. The van der Waals surface area contributed by atoms with E-state index in [1.165, 1.54) is 10.4 Å². The predicted molar refractivity (Wildman–Crippen MR) is 76.7 cm³/mol. The number of hydrogen-bond donors (Lipinski definition) is 2. The fourth-order valence-electron chi connectivity index (χ4n) is 2.24. The van der Waals surface area contributed by atoms with Crippen molar-refractivity contribution >= 4 is 33.2 Å². The molecule has 1 aliphatic rings. The summed E-state index contributed by atoms with van der Waals surface area (Å²) in [6.07, 6.45) is 0.359. The molecule has 7 nitrogen and oxygen atoms in total. The molecule has 0 bridgehead atoms. The fraction of sp³-hybridized carbons (Fsp3) is 0.500. The van der Waals surface area contributed by atoms with E-state index in [1.807, 2.05) is 0 Å². The van der Waals surface area contributed by atoms with Gasteiger partial charge in [-0.15, -0.1) is 11.3 Å². The Morgan fingerprint density at radius 2 is 2.10 bits per heavy atom. The summed E-state index contributed by atoms with van der Waals surface area (Å²) in [5, 5.41) is 9.01. The molecule has 0 saturated carbocycles. The van der Waals surface area contributed by atoms with Gasteiger partial charge in [-0.1, -0.05) is 0 Å². The molecule has 1 fully saturated rings. The van der Waals surface area contributed by atoms with Gasteiger partial charge >= 0.3 is 5.97 Å². The zero-order chi connectivity index (χ0) is 16.0. The van der Waals surface area contributed by atoms with Crippen LogP contribution in [0.15, 0.2) is 10.3 Å². The third-order valence-corrected chi connectivity index (χ3v) is 7.24. The number of primary amides is 1. The first-order valence-electron chi connectivity index (χ1n) is 6.22. The van der Waals surface area contributed by atoms with Crippen LogP contribution in [0.3, 0.4) is 0 Å². The Balaban J connectivity index is 2.34. The summed E-state index contributed by atoms with van der Waals surface area (Å²) in [6.45, 7) is 3.40. The molecule has 0 aliphatic carbocycles. The first-order chi connectivity index (χ1) is 9.58. The lowest BCUT2D eigenvalue weighted by Gasteiger charge is -2.20. The minimum absolute atomic E-state index is 0.00503. The van der Waals surface area contributed by atoms with Crippen molar-refractivity contribution in [3.63, 3.8) is 0 Å². The number of nitrogens with two attached hydrogens (primary N) is 1. The van der Waals surface area contributed by atoms with E-state index < -0.39 is 27.3 Å². The molecule has 2 heterocycles. The third-order valence-electron chi connectivity index (χ3n) is 3.72. The van der Waals surface area contributed by atoms with Crippen molar-refractivity contribution in [2.75, 3.05) is 13.1 Å². The molecule has 3 N–H and O–H groups in total. The number of aromatic carboxylic acids is 1. The zero-order valence-electron chi connectivity index (χ0n) is 11.6. The standard InChI is InChI=1S/C12H16N2O5S2/c1-7-5-8(20-9(7)10(15)16)21(18,19)14-4-3-12(2,6-14)11(13)17/h5H,3-4,6H2,1-2H3,(H2,13,17)(H,15,16). The monoisotopic (exact) mass is 332 g/mol. The zero-order valence-corrected chi connectivity index (χ0v) is 13.3. The highest BCUT2D eigenvalue weighted by atomic mass is 32.2. The average Bonchev–Trinajstić information content (AvgIpc) is 2.94. The van der Waals surface area contributed by atoms with E-state index in [1.54, 1.807) is 13.8 Å². The summed E-state index contributed by atoms with van der Waals surface area (Å²) in [5.41, 5.74) is 4.83. The number of carbonyl (C=O) groups excluding carboxylic acids is 1. The molecule has 1 atom stereocenters. The topological polar surface area (TPSA) is 118 Å². The molecule has 2 rings (SSSR count). The van der Waals surface area contributed by atoms with E-state index in [4.69, 9.17) is 10.8 Å². The second kappa shape index (κ2) is 5.08. The predicted octanol–water partition coefficient (Wildman–Crippen LogP) is 0.641. The largest absolute Gasteiger partial charge is 0.477 e. The highest BCUT2D eigenvalue weighted by Gasteiger charge is 2.44. The van der Waals surface area contributed by atoms with Crippen molar-refractivity contribution in [1.82, 2.24) is 4.31 Å². The molecule has 1 aromatic rings. The van der Waals surface area contributed by atoms with Crippen molar-refractivity contribution in [2.45, 2.75) is 24.5 Å². The van der Waals surface area contributed by atoms with Crippen LogP contribution in [0.5, 0.6) is 0 Å². The van der Waals surface area contributed by atoms with Crippen LogP contribution in [-0.2, 0) is 14.8 Å². The van der Waals surface area contributed by atoms with Crippen molar-refractivity contribution in [2.24, 2.45) is 11.1 Å². The van der Waals surface area contributed by atoms with Gasteiger partial charge in [0.15, 0.2) is 0 Å². The minimum Gasteiger partial charge on any atom is -0.477 e. The second-order valence-corrected chi connectivity index (χ2v) is 8.61. The maximum Gasteiger partial charge on any atom is 0.346 e. The van der Waals surface area contributed by atoms with Gasteiger partial charge in [-0.3, -0.25) is 4.79 Å². The Kier molecular flexibility index (Phi) is 3.85. The molecule has 1 amide bonds. The van der Waals surface area contributed by atoms with Crippen molar-refractivity contribution in [3.8, 4) is 0 Å². The summed E-state index contributed by atoms with van der Waals surface area (Å²) in [7, 11) is -3.80. The Morgan fingerprint density at radius 3 is 2.52 bits per heavy atom. The highest BCUT2D eigenvalue weighted by Crippen LogP contribution is 2.35. The normalized spacial score (nSPS) is 23.3. The molecule has 21 heavy (non-hydrogen) atoms. The number of carboxylic acids is 1. The van der Waals surface area contributed by atoms with E-state index in [0.29, 0.717) is 12.0 Å². The van der Waals surface area contributed by atoms with E-state index in [2.05, 4.69) is 0 Å². The molecule has 1 aliphatic heterocycles. The van der Waals surface area contributed by atoms with Gasteiger partial charge in [0, 0.05) is 13.1 Å². The van der Waals surface area contributed by atoms with Crippen LogP contribution in [0.25, 0.3) is 0 Å². The van der Waals surface area contributed by atoms with Crippen molar-refractivity contribution in [1.29, 1.82) is 0 Å². The molecule has 0 radical (unpaired) electrons. The molecular formula is C12H16N2O5S2. The Labute approximate surface area is 126 Å². The van der Waals surface area contributed by atoms with Crippen molar-refractivity contribution < 1.29 is 23.1 Å². The maximum absolute atomic E-state index is 12.5. The lowest BCUT2D eigenvalue weighted by atomic mass is 9.89. The van der Waals surface area contributed by atoms with Crippen LogP contribution in [0.2, 0.25) is 0 Å². The van der Waals surface area contributed by atoms with Gasteiger partial charge in [-0.2, -0.15) is 4.31 Å². The lowest BCUT2D eigenvalue weighted by molar-refractivity contribution is -0.126. The molecule has 9 heteroatoms. The minimum atomic E-state index is -3.80. The first-order valence-corrected chi connectivity index (χ1v) is 8.47. The van der Waals surface area contributed by atoms with Gasteiger partial charge in [-0.25, -0.2) is 13.2 Å². The van der Waals surface area contributed by atoms with Crippen LogP contribution in [0.1, 0.15) is 28.6 Å². The van der Waals surface area contributed by atoms with Crippen LogP contribution >= 0.6 is 11.3 Å². The highest BCUT2D eigenvalue weighted by molar-refractivity contribution is 7.91. The molecule has 0 aromatic carbocycles. The SMILES string of the molecule is Cc1cc(S(=O)(=O)N2CCC(C)(C(N)=O)C2)sc1C(=O)O. The Morgan fingerprint density at radius 1 is 1.48 bits per heavy atom. The molecule has 1 unspecified atom stereocenters. The average molecular weight is 332 g/mol. The molecule has 0 spiro atoms. The number of thiophene rings is 1. The van der Waals surface area contributed by atoms with E-state index >= 15 is 0 Å². The van der Waals surface area contributed by atoms with E-state index in [9.17, 15) is 18.0 Å². The lowest BCUT2D eigenvalue weighted by Crippen LogP contribution is -2.38. The van der Waals surface area contributed by atoms with E-state index in [0.717, 1.165) is 11.3 Å². The van der Waals surface area contributed by atoms with Gasteiger partial charge in [0.1, 0.15) is 9.09 Å². The van der Waals surface area contributed by atoms with Gasteiger partial charge < -0.3 is 10.8 Å². The van der Waals surface area contributed by atoms with Crippen LogP contribution in [0.4, 0.5) is 0 Å². The number of aryl methyl sites for hydroxylation is 1. The summed E-state index contributed by atoms with van der Waals surface area (Å²) in [5.74, 6) is -1.68. The summed E-state index contributed by atoms with van der Waals surface area (Å²) < 4.78 is 26.2. The Hall–Kier alpha value is -1.45. The first kappa shape index (κ1) is 15.9. The summed E-state index contributed by atoms with van der Waals surface area (Å²) in [6, 6.07) is 1.35. The second-order valence-electron chi connectivity index (χ2n) is 5.40. The maximum atomic E-state index is 12.5. The van der Waals surface area contributed by atoms with Gasteiger partial charge in [0.25, 0.3) is 10.0 Å². The Bertz CT molecular complexity index is 709. The van der Waals surface area contributed by atoms with Gasteiger partial charge in [-0.05, 0) is 31.9 Å². The number of carboxylic acid groups (broad SMARTS) is 1. The van der Waals surface area contributed by atoms with Crippen molar-refractivity contribution in [3.05, 3.63) is 16.5 Å². The van der Waals surface area contributed by atoms with Crippen LogP contribution in [0, 0.1) is 12.3 Å². The van der Waals surface area contributed by atoms with Crippen LogP contribution in [-0.4, -0.2) is 42.8 Å². The fourth-order valence-corrected chi connectivity index (χ4v) is 5.34. The molecular weight excluding hydrogens is 316 g/mol. The van der Waals surface area contributed by atoms with Gasteiger partial charge in [0.2, 0.25) is 5.91 Å². The number of hydrogen-bond acceptors (Lipinski definition) is 5. The quantitative estimate of drug-likeness (QED) is 0.839. The number of sulfonamides is 1. The summed E-state index contributed by atoms with van der Waals surface area (Å²) >= 11 is 0.725. The molecule has 116 valence electrons. The molecule has 1 saturated heterocycles. The van der Waals surface area contributed by atoms with Crippen LogP contribution < -0.4 is 5.73 Å². The number of carbonyl (C=O) groups is 2. The number of nitrogens with zero attached hydrogens (tertiary/aromatic N) is 1. The van der Waals surface area contributed by atoms with E-state index in [-0.39, 0.29) is 22.2 Å². The number of rotatable bonds is 4. The number of amides is 1. The third kappa shape index (κ3) is 2.68. The molecule has 1 aromatic heterocycles.